The molecule has 0 fully saturated rings. The first-order valence-electron chi connectivity index (χ1n) is 44.2. The van der Waals surface area contributed by atoms with E-state index in [0.717, 1.165) is 88.8 Å². The molecular weight excluding hydrogens is 1920 g/mol. The number of aryl methyl sites for hydroxylation is 2. The van der Waals surface area contributed by atoms with Crippen molar-refractivity contribution in [2.75, 3.05) is 26.9 Å². The summed E-state index contributed by atoms with van der Waals surface area (Å²) in [5.74, 6) is -0.536. The van der Waals surface area contributed by atoms with Gasteiger partial charge in [-0.25, -0.2) is 14.4 Å². The van der Waals surface area contributed by atoms with Crippen LogP contribution in [0.1, 0.15) is 81.0 Å². The lowest BCUT2D eigenvalue weighted by Gasteiger charge is -2.00. The number of carbonyl (C=O) groups is 4. The monoisotopic (exact) mass is 2030 g/mol. The lowest BCUT2D eigenvalue weighted by atomic mass is 10.2. The van der Waals surface area contributed by atoms with E-state index in [1.807, 2.05) is 457 Å². The summed E-state index contributed by atoms with van der Waals surface area (Å²) >= 11 is 3.41. The van der Waals surface area contributed by atoms with Crippen molar-refractivity contribution in [3.63, 3.8) is 0 Å². The highest BCUT2D eigenvalue weighted by atomic mass is 79.9. The average Bonchev–Trinajstić information content (AvgIpc) is 1.63. The fourth-order valence-electron chi connectivity index (χ4n) is 14.7. The van der Waals surface area contributed by atoms with Crippen molar-refractivity contribution in [3.8, 4) is 51.6 Å². The van der Waals surface area contributed by atoms with Crippen molar-refractivity contribution >= 4 is 83.8 Å². The molecule has 23 rings (SSSR count). The molecule has 33 nitrogen and oxygen atoms in total. The van der Waals surface area contributed by atoms with Crippen LogP contribution in [0, 0.1) is 77.7 Å². The molecule has 0 amide bonds. The molecule has 16 heterocycles. The van der Waals surface area contributed by atoms with Crippen molar-refractivity contribution in [2.24, 2.45) is 7.05 Å². The minimum atomic E-state index is -0.432. The molecule has 0 bridgehead atoms. The van der Waals surface area contributed by atoms with Gasteiger partial charge in [0.15, 0.2) is 17.1 Å². The second kappa shape index (κ2) is 54.4. The van der Waals surface area contributed by atoms with Gasteiger partial charge in [-0.1, -0.05) is 155 Å². The van der Waals surface area contributed by atoms with E-state index in [9.17, 15) is 19.2 Å². The van der Waals surface area contributed by atoms with E-state index in [1.54, 1.807) is 61.2 Å². The number of benzene rings is 7. The Hall–Kier alpha value is -18.7. The first-order valence-corrected chi connectivity index (χ1v) is 45.0. The van der Waals surface area contributed by atoms with Gasteiger partial charge in [-0.3, -0.25) is 4.79 Å². The molecule has 34 heteroatoms. The van der Waals surface area contributed by atoms with E-state index in [0.29, 0.717) is 59.3 Å². The maximum Gasteiger partial charge on any atom is 0.390 e. The van der Waals surface area contributed by atoms with Crippen LogP contribution >= 0.6 is 15.9 Å². The number of halogens is 1. The first kappa shape index (κ1) is 114. The number of pyridine rings is 8. The molecule has 0 aliphatic heterocycles. The van der Waals surface area contributed by atoms with E-state index in [4.69, 9.17) is 24.2 Å². The summed E-state index contributed by atoms with van der Waals surface area (Å²) in [6.07, 6.45) is 19.0. The number of methoxy groups -OCH3 is 1. The van der Waals surface area contributed by atoms with Gasteiger partial charge in [0.2, 0.25) is 57.0 Å². The molecule has 750 valence electrons. The molecule has 0 N–H and O–H groups in total. The predicted molar refractivity (Wildman–Crippen MR) is 566 cm³/mol. The van der Waals surface area contributed by atoms with Gasteiger partial charge < -0.3 is 78.4 Å². The number of nitrogens with zero attached hydrogens (tertiary/aromatic N) is 25. The largest absolute Gasteiger partial charge is 0.497 e. The zero-order valence-corrected chi connectivity index (χ0v) is 86.2. The summed E-state index contributed by atoms with van der Waals surface area (Å²) in [6.45, 7) is 9.85. The highest BCUT2D eigenvalue weighted by molar-refractivity contribution is 9.10. The van der Waals surface area contributed by atoms with Gasteiger partial charge in [0.05, 0.1) is 59.5 Å². The molecular formula is C113H118BrN25O8. The summed E-state index contributed by atoms with van der Waals surface area (Å²) in [7, 11) is 3.53. The Morgan fingerprint density at radius 3 is 0.918 bits per heavy atom. The molecule has 16 aromatic heterocycles. The van der Waals surface area contributed by atoms with Crippen LogP contribution in [-0.4, -0.2) is 130 Å². The molecule has 0 aliphatic rings. The second-order valence-electron chi connectivity index (χ2n) is 30.1. The summed E-state index contributed by atoms with van der Waals surface area (Å²) in [6, 6.07) is 113. The number of carbonyl (C=O) groups excluding carboxylic acids is 4. The Morgan fingerprint density at radius 2 is 0.571 bits per heavy atom. The van der Waals surface area contributed by atoms with Gasteiger partial charge in [0.1, 0.15) is 95.1 Å². The molecule has 0 atom stereocenters. The number of nitriles is 1. The fraction of sp³-hybridized carbons (Fsp3) is 0.0885. The number of ketones is 1. The highest BCUT2D eigenvalue weighted by Crippen LogP contribution is 2.20. The molecule has 0 saturated carbocycles. The van der Waals surface area contributed by atoms with Crippen LogP contribution in [0.15, 0.2) is 412 Å². The minimum absolute atomic E-state index is 0. The van der Waals surface area contributed by atoms with Gasteiger partial charge >= 0.3 is 40.7 Å². The van der Waals surface area contributed by atoms with Gasteiger partial charge in [0.25, 0.3) is 5.69 Å². The normalized spacial score (nSPS) is 10.1. The number of Topliss-reactive ketones (excluding diaryl/α,β-unsaturated/α-hetero) is 1. The van der Waals surface area contributed by atoms with Gasteiger partial charge in [-0.15, -0.1) is 36.1 Å². The predicted octanol–water partition coefficient (Wildman–Crippen LogP) is 16.7. The number of para-hydroxylation sites is 5. The number of fused-ring (bicyclic) bond motifs is 8. The van der Waals surface area contributed by atoms with E-state index >= 15 is 0 Å². The molecule has 0 aliphatic carbocycles. The maximum absolute atomic E-state index is 12.1. The topological polar surface area (TPSA) is 304 Å². The molecule has 147 heavy (non-hydrogen) atoms. The fourth-order valence-corrected chi connectivity index (χ4v) is 14.9. The number of aromatic nitrogens is 24. The lowest BCUT2D eigenvalue weighted by Crippen LogP contribution is -2.31. The lowest BCUT2D eigenvalue weighted by molar-refractivity contribution is -0.613. The van der Waals surface area contributed by atoms with Crippen molar-refractivity contribution in [2.45, 2.75) is 34.6 Å². The molecule has 7 aromatic carbocycles. The Labute approximate surface area is 863 Å². The third-order valence-electron chi connectivity index (χ3n) is 21.1. The average molecular weight is 2030 g/mol. The number of hydrogen-bond acceptors (Lipinski definition) is 17. The van der Waals surface area contributed by atoms with E-state index in [1.165, 1.54) is 6.92 Å². The number of rotatable bonds is 15. The summed E-state index contributed by atoms with van der Waals surface area (Å²) in [5.41, 5.74) is 16.4. The van der Waals surface area contributed by atoms with Crippen LogP contribution in [0.4, 0.5) is 0 Å². The third-order valence-corrected chi connectivity index (χ3v) is 21.6. The SMILES string of the molecule is CC(=O)c1nn(-c2ccccc2)[n+]2ccccc12.CCOC(=O)c1nn(-c2ccc(Br)cc2)[n+]2ccccc12.CCOC(=O)c1nn(-c2ccc(OC)cc2)[n+]2ccccc12.CCOC(=O)c1nn(-c2ccccc2)[n+]2ccccc12.Cc1nn(-c2ccccc2)[n+]2ccccc12.Cn1ncc2cccc[n+]21.N#Cc1nn(-c2ccccc2)[n+]2ccccc12.[CH3-].[CH3-].[CH3-].[CH3-].[CH3-].[CH3-].[CH3-].[CH3-].c1ccc(-n2ncc3cccc[n+]32)cc1. The smallest absolute Gasteiger partial charge is 0.390 e. The van der Waals surface area contributed by atoms with Crippen LogP contribution in [-0.2, 0) is 21.3 Å². The molecule has 0 radical (unpaired) electrons. The molecule has 23 aromatic rings. The van der Waals surface area contributed by atoms with E-state index < -0.39 is 17.9 Å². The van der Waals surface area contributed by atoms with Crippen LogP contribution in [0.3, 0.4) is 0 Å². The van der Waals surface area contributed by atoms with Gasteiger partial charge in [0, 0.05) is 33.6 Å². The zero-order chi connectivity index (χ0) is 96.5. The summed E-state index contributed by atoms with van der Waals surface area (Å²) in [5, 5.41) is 43.9. The summed E-state index contributed by atoms with van der Waals surface area (Å²) in [4.78, 5) is 61.7. The van der Waals surface area contributed by atoms with Crippen molar-refractivity contribution < 1.29 is 74.2 Å². The van der Waals surface area contributed by atoms with Gasteiger partial charge in [-0.2, -0.15) is 5.26 Å². The van der Waals surface area contributed by atoms with Crippen molar-refractivity contribution in [1.29, 1.82) is 5.26 Å². The first-order chi connectivity index (χ1) is 68.1. The van der Waals surface area contributed by atoms with Crippen molar-refractivity contribution in [1.82, 2.24) is 79.2 Å². The van der Waals surface area contributed by atoms with Crippen LogP contribution in [0.2, 0.25) is 0 Å². The zero-order valence-electron chi connectivity index (χ0n) is 84.6. The van der Waals surface area contributed by atoms with Crippen LogP contribution in [0.25, 0.3) is 83.9 Å². The number of hydrogen-bond donors (Lipinski definition) is 0. The number of esters is 3. The van der Waals surface area contributed by atoms with Gasteiger partial charge in [-0.05, 0) is 265 Å². The Balaban J connectivity index is 0.000000205. The van der Waals surface area contributed by atoms with E-state index in [2.05, 4.69) is 68.9 Å². The number of ether oxygens (including phenoxy) is 4. The van der Waals surface area contributed by atoms with Crippen molar-refractivity contribution in [3.05, 3.63) is 506 Å². The van der Waals surface area contributed by atoms with E-state index in [-0.39, 0.29) is 65.2 Å². The second-order valence-corrected chi connectivity index (χ2v) is 31.1. The minimum Gasteiger partial charge on any atom is -0.497 e. The maximum atomic E-state index is 12.1. The molecule has 0 unspecified atom stereocenters. The molecule has 0 saturated heterocycles. The Bertz CT molecular complexity index is 8210. The third kappa shape index (κ3) is 26.2. The molecule has 0 spiro atoms. The highest BCUT2D eigenvalue weighted by Gasteiger charge is 2.32. The summed E-state index contributed by atoms with van der Waals surface area (Å²) < 4.78 is 36.5. The van der Waals surface area contributed by atoms with Crippen LogP contribution < -0.4 is 40.9 Å². The quantitative estimate of drug-likeness (QED) is 0.0303. The van der Waals surface area contributed by atoms with Crippen LogP contribution in [0.5, 0.6) is 5.75 Å². The Morgan fingerprint density at radius 1 is 0.306 bits per heavy atom. The Kier molecular flexibility index (Phi) is 42.0. The standard InChI is InChI=1S/C16H16N3O3.C15H13BrN3O2.C15H14N3O2.C14H12N3O.C13H9N4.C13H12N3.C12H10N3.C7H8N3.8CH3/c1-3-22-16(20)15-14-6-4-5-11-18(14)19(17-15)12-7-9-13(21-2)10-8-12;1-2-21-15(20)14-13-5-3-4-10-18(13)19(17-14)12-8-6-11(16)7-9-12;1-2-20-15(19)14-13-10-6-7-11-17(13)18(16-14)12-8-4-3-5-9-12;1-11(18)14-13-9-5-6-10-16(13)17(15-14)12-7-3-2-4-8-12;14-10-12-13-8-4-5-9-16(13)17(15-12)11-6-2-1-3-7-11;1-11-13-9-5-6-10-15(13)16(14-11)12-7-3-2-4-8-12;1-2-6-11(7-3-1)15-13-10-12-8-4-5-9-14(12)15;1-9-8-6-7-4-2-3-5-10(7)9;;;;;;;;/h4-11H,3H2,1-2H3;3-10H,2H2,1H3;3-11H,2H2,1H3;2-10H,1H3;1-9H;2-10H,1H3;1-10H;2-6H,1H3;8*1H3/q8*+1;8*-1.